The molecule has 4 heterocycles. The van der Waals surface area contributed by atoms with Crippen LogP contribution in [0.25, 0.3) is 21.5 Å². The molecule has 2 atom stereocenters. The second-order valence-corrected chi connectivity index (χ2v) is 10.1. The van der Waals surface area contributed by atoms with Crippen molar-refractivity contribution in [2.24, 2.45) is 0 Å². The second kappa shape index (κ2) is 9.03. The number of halogens is 1. The highest BCUT2D eigenvalue weighted by atomic mass is 32.1. The van der Waals surface area contributed by atoms with Gasteiger partial charge in [-0.25, -0.2) is 14.4 Å². The third kappa shape index (κ3) is 3.93. The number of amides is 2. The second-order valence-electron chi connectivity index (χ2n) is 9.00. The van der Waals surface area contributed by atoms with Crippen LogP contribution in [0.15, 0.2) is 48.8 Å². The smallest absolute Gasteiger partial charge is 0.261 e. The van der Waals surface area contributed by atoms with Crippen molar-refractivity contribution in [1.29, 1.82) is 5.26 Å². The summed E-state index contributed by atoms with van der Waals surface area (Å²) in [6, 6.07) is 14.2. The van der Waals surface area contributed by atoms with Gasteiger partial charge in [-0.1, -0.05) is 12.1 Å². The molecule has 37 heavy (non-hydrogen) atoms. The maximum absolute atomic E-state index is 14.4. The minimum atomic E-state index is -1.15. The first kappa shape index (κ1) is 23.2. The van der Waals surface area contributed by atoms with Gasteiger partial charge in [0.25, 0.3) is 11.8 Å². The molecule has 6 rings (SSSR count). The molecule has 1 N–H and O–H groups in total. The minimum Gasteiger partial charge on any atom is -0.485 e. The molecule has 4 aromatic rings. The van der Waals surface area contributed by atoms with Gasteiger partial charge in [-0.2, -0.15) is 5.26 Å². The van der Waals surface area contributed by atoms with Crippen LogP contribution in [-0.2, 0) is 6.54 Å². The van der Waals surface area contributed by atoms with E-state index in [4.69, 9.17) is 4.74 Å². The Labute approximate surface area is 215 Å². The standard InChI is InChI=1S/C27H20FN5O3S/c1-14-6-15(9-29)7-19(24(14)36-22-11-30-10-20(22)28)23-25-21(31-13-32-23)8-16(37-25)12-33-26(34)17-4-2-3-5-18(17)27(33)35/h2-8,13,20,22,30H,10-12H2,1H3/t20-,22+/m0/s1. The predicted octanol–water partition coefficient (Wildman–Crippen LogP) is 4.02. The van der Waals surface area contributed by atoms with Gasteiger partial charge >= 0.3 is 0 Å². The Kier molecular flexibility index (Phi) is 5.67. The van der Waals surface area contributed by atoms with Gasteiger partial charge < -0.3 is 10.1 Å². The van der Waals surface area contributed by atoms with E-state index in [0.29, 0.717) is 51.3 Å². The van der Waals surface area contributed by atoms with E-state index in [1.165, 1.54) is 22.6 Å². The molecule has 0 spiro atoms. The molecular weight excluding hydrogens is 493 g/mol. The van der Waals surface area contributed by atoms with Crippen LogP contribution in [0.1, 0.15) is 36.7 Å². The quantitative estimate of drug-likeness (QED) is 0.402. The number of carbonyl (C=O) groups excluding carboxylic acids is 2. The lowest BCUT2D eigenvalue weighted by atomic mass is 10.0. The summed E-state index contributed by atoms with van der Waals surface area (Å²) in [5.74, 6) is -0.197. The zero-order valence-electron chi connectivity index (χ0n) is 19.7. The Bertz CT molecular complexity index is 1590. The molecule has 2 aromatic heterocycles. The van der Waals surface area contributed by atoms with Gasteiger partial charge in [0.15, 0.2) is 6.17 Å². The first-order valence-electron chi connectivity index (χ1n) is 11.7. The van der Waals surface area contributed by atoms with Crippen LogP contribution in [-0.4, -0.2) is 52.0 Å². The maximum Gasteiger partial charge on any atom is 0.261 e. The molecule has 0 aliphatic carbocycles. The van der Waals surface area contributed by atoms with E-state index in [-0.39, 0.29) is 24.9 Å². The molecule has 1 fully saturated rings. The van der Waals surface area contributed by atoms with Gasteiger partial charge in [0.2, 0.25) is 0 Å². The van der Waals surface area contributed by atoms with Crippen LogP contribution < -0.4 is 10.1 Å². The number of hydrogen-bond donors (Lipinski definition) is 1. The van der Waals surface area contributed by atoms with Crippen LogP contribution in [0.5, 0.6) is 5.75 Å². The number of nitrogens with zero attached hydrogens (tertiary/aromatic N) is 4. The first-order chi connectivity index (χ1) is 17.9. The number of aryl methyl sites for hydroxylation is 1. The van der Waals surface area contributed by atoms with Crippen molar-refractivity contribution in [2.75, 3.05) is 13.1 Å². The largest absolute Gasteiger partial charge is 0.485 e. The van der Waals surface area contributed by atoms with Gasteiger partial charge in [-0.05, 0) is 42.8 Å². The Morgan fingerprint density at radius 1 is 1.14 bits per heavy atom. The van der Waals surface area contributed by atoms with Crippen molar-refractivity contribution in [1.82, 2.24) is 20.2 Å². The number of fused-ring (bicyclic) bond motifs is 2. The van der Waals surface area contributed by atoms with Crippen LogP contribution in [0.3, 0.4) is 0 Å². The molecule has 2 aliphatic rings. The van der Waals surface area contributed by atoms with Gasteiger partial charge in [0.1, 0.15) is 18.2 Å². The topological polar surface area (TPSA) is 108 Å². The third-order valence-corrected chi connectivity index (χ3v) is 7.69. The molecule has 0 saturated carbocycles. The number of carbonyl (C=O) groups is 2. The first-order valence-corrected chi connectivity index (χ1v) is 12.5. The van der Waals surface area contributed by atoms with E-state index in [9.17, 15) is 19.2 Å². The summed E-state index contributed by atoms with van der Waals surface area (Å²) in [6.45, 7) is 2.52. The highest BCUT2D eigenvalue weighted by Crippen LogP contribution is 2.40. The van der Waals surface area contributed by atoms with Crippen LogP contribution >= 0.6 is 11.3 Å². The molecule has 8 nitrogen and oxygen atoms in total. The third-order valence-electron chi connectivity index (χ3n) is 6.57. The number of aromatic nitrogens is 2. The van der Waals surface area contributed by atoms with E-state index in [1.807, 2.05) is 13.0 Å². The van der Waals surface area contributed by atoms with Crippen LogP contribution in [0.2, 0.25) is 0 Å². The number of benzene rings is 2. The maximum atomic E-state index is 14.4. The van der Waals surface area contributed by atoms with Gasteiger partial charge in [-0.15, -0.1) is 11.3 Å². The van der Waals surface area contributed by atoms with E-state index < -0.39 is 12.3 Å². The summed E-state index contributed by atoms with van der Waals surface area (Å²) in [5, 5.41) is 12.6. The number of hydrogen-bond acceptors (Lipinski definition) is 8. The summed E-state index contributed by atoms with van der Waals surface area (Å²) in [6.07, 6.45) is -0.389. The lowest BCUT2D eigenvalue weighted by Gasteiger charge is -2.20. The summed E-state index contributed by atoms with van der Waals surface area (Å²) in [4.78, 5) is 36.6. The zero-order chi connectivity index (χ0) is 25.7. The summed E-state index contributed by atoms with van der Waals surface area (Å²) in [7, 11) is 0. The predicted molar refractivity (Wildman–Crippen MR) is 135 cm³/mol. The number of alkyl halides is 1. The fourth-order valence-electron chi connectivity index (χ4n) is 4.77. The molecule has 10 heteroatoms. The number of rotatable bonds is 5. The normalized spacial score (nSPS) is 18.9. The zero-order valence-corrected chi connectivity index (χ0v) is 20.5. The molecule has 2 amide bonds. The molecule has 2 aliphatic heterocycles. The number of imide groups is 1. The Morgan fingerprint density at radius 3 is 2.57 bits per heavy atom. The average Bonchev–Trinajstić information content (AvgIpc) is 3.58. The highest BCUT2D eigenvalue weighted by molar-refractivity contribution is 7.19. The average molecular weight is 514 g/mol. The molecule has 184 valence electrons. The lowest BCUT2D eigenvalue weighted by molar-refractivity contribution is 0.0644. The van der Waals surface area contributed by atoms with Gasteiger partial charge in [-0.3, -0.25) is 14.5 Å². The van der Waals surface area contributed by atoms with Crippen LogP contribution in [0, 0.1) is 18.3 Å². The fourth-order valence-corrected chi connectivity index (χ4v) is 5.87. The number of ether oxygens (including phenoxy) is 1. The van der Waals surface area contributed by atoms with Crippen LogP contribution in [0.4, 0.5) is 4.39 Å². The Morgan fingerprint density at radius 2 is 1.89 bits per heavy atom. The number of thiophene rings is 1. The monoisotopic (exact) mass is 513 g/mol. The molecule has 0 unspecified atom stereocenters. The Hall–Kier alpha value is -4.20. The van der Waals surface area contributed by atoms with E-state index in [1.54, 1.807) is 36.4 Å². The molecule has 0 radical (unpaired) electrons. The van der Waals surface area contributed by atoms with Crippen molar-refractivity contribution in [2.45, 2.75) is 25.7 Å². The van der Waals surface area contributed by atoms with Gasteiger partial charge in [0.05, 0.1) is 45.2 Å². The highest BCUT2D eigenvalue weighted by Gasteiger charge is 2.35. The minimum absolute atomic E-state index is 0.102. The van der Waals surface area contributed by atoms with Crippen molar-refractivity contribution in [3.05, 3.63) is 75.9 Å². The van der Waals surface area contributed by atoms with Crippen molar-refractivity contribution >= 4 is 33.4 Å². The molecular formula is C27H20FN5O3S. The number of nitrogens with one attached hydrogen (secondary N) is 1. The van der Waals surface area contributed by atoms with Crippen molar-refractivity contribution < 1.29 is 18.7 Å². The SMILES string of the molecule is Cc1cc(C#N)cc(-c2ncnc3cc(CN4C(=O)c5ccccc5C4=O)sc23)c1O[C@@H]1CNC[C@@H]1F. The summed E-state index contributed by atoms with van der Waals surface area (Å²) in [5.41, 5.74) is 3.66. The van der Waals surface area contributed by atoms with Crippen molar-refractivity contribution in [3.8, 4) is 23.1 Å². The lowest BCUT2D eigenvalue weighted by Crippen LogP contribution is -2.28. The van der Waals surface area contributed by atoms with Crippen molar-refractivity contribution in [3.63, 3.8) is 0 Å². The summed E-state index contributed by atoms with van der Waals surface area (Å²) >= 11 is 1.36. The number of nitriles is 1. The van der Waals surface area contributed by atoms with E-state index in [0.717, 1.165) is 9.58 Å². The van der Waals surface area contributed by atoms with E-state index in [2.05, 4.69) is 21.4 Å². The molecule has 1 saturated heterocycles. The van der Waals surface area contributed by atoms with E-state index >= 15 is 0 Å². The molecule has 0 bridgehead atoms. The summed E-state index contributed by atoms with van der Waals surface area (Å²) < 4.78 is 21.2. The Balaban J connectivity index is 1.40. The van der Waals surface area contributed by atoms with Gasteiger partial charge in [0, 0.05) is 23.5 Å². The molecule has 2 aromatic carbocycles. The fraction of sp³-hybridized carbons (Fsp3) is 0.222.